The topological polar surface area (TPSA) is 105 Å². The minimum atomic E-state index is -4.35. The molecule has 1 amide bonds. The average molecular weight is 892 g/mol. The maximum atomic E-state index is 12.9. The first-order valence-electron chi connectivity index (χ1n) is 25.6. The molecule has 0 aliphatic carbocycles. The summed E-state index contributed by atoms with van der Waals surface area (Å²) >= 11 is 0. The molecule has 0 aliphatic heterocycles. The molecule has 3 N–H and O–H groups in total. The molecule has 3 unspecified atom stereocenters. The van der Waals surface area contributed by atoms with E-state index in [0.29, 0.717) is 17.4 Å². The van der Waals surface area contributed by atoms with Crippen molar-refractivity contribution in [2.45, 2.75) is 231 Å². The predicted molar refractivity (Wildman–Crippen MR) is 267 cm³/mol. The van der Waals surface area contributed by atoms with Gasteiger partial charge in [0.2, 0.25) is 5.91 Å². The van der Waals surface area contributed by atoms with E-state index in [4.69, 9.17) is 9.05 Å². The molecule has 0 aromatic rings. The van der Waals surface area contributed by atoms with Crippen LogP contribution in [0.2, 0.25) is 0 Å². The summed E-state index contributed by atoms with van der Waals surface area (Å²) in [4.78, 5) is 23.1. The van der Waals surface area contributed by atoms with Crippen molar-refractivity contribution in [3.05, 3.63) is 60.8 Å². The first-order chi connectivity index (χ1) is 30.0. The first-order valence-corrected chi connectivity index (χ1v) is 27.1. The Labute approximate surface area is 383 Å². The van der Waals surface area contributed by atoms with E-state index >= 15 is 0 Å². The molecule has 0 fully saturated rings. The molecular formula is C53H100N2O6P+. The monoisotopic (exact) mass is 892 g/mol. The average Bonchev–Trinajstić information content (AvgIpc) is 3.23. The van der Waals surface area contributed by atoms with Gasteiger partial charge in [0.1, 0.15) is 13.2 Å². The molecule has 0 rings (SSSR count). The van der Waals surface area contributed by atoms with E-state index in [1.165, 1.54) is 148 Å². The molecule has 8 nitrogen and oxygen atoms in total. The maximum Gasteiger partial charge on any atom is 0.472 e. The fraction of sp³-hybridized carbons (Fsp3) is 0.792. The molecule has 0 aromatic heterocycles. The largest absolute Gasteiger partial charge is 0.472 e. The number of quaternary nitrogens is 1. The van der Waals surface area contributed by atoms with E-state index < -0.39 is 20.0 Å². The Bertz CT molecular complexity index is 1190. The Morgan fingerprint density at radius 2 is 1.00 bits per heavy atom. The number of hydrogen-bond donors (Lipinski definition) is 3. The number of rotatable bonds is 46. The number of amides is 1. The second kappa shape index (κ2) is 44.4. The third-order valence-electron chi connectivity index (χ3n) is 11.3. The van der Waals surface area contributed by atoms with Crippen LogP contribution in [0.25, 0.3) is 0 Å². The van der Waals surface area contributed by atoms with Crippen molar-refractivity contribution in [3.63, 3.8) is 0 Å². The zero-order valence-electron chi connectivity index (χ0n) is 41.1. The van der Waals surface area contributed by atoms with Gasteiger partial charge in [0.15, 0.2) is 0 Å². The molecule has 0 aromatic carbocycles. The van der Waals surface area contributed by atoms with Gasteiger partial charge in [-0.1, -0.05) is 203 Å². The van der Waals surface area contributed by atoms with Crippen LogP contribution in [0.4, 0.5) is 0 Å². The first kappa shape index (κ1) is 60.2. The number of phosphoric acid groups is 1. The van der Waals surface area contributed by atoms with E-state index in [0.717, 1.165) is 51.4 Å². The van der Waals surface area contributed by atoms with Crippen molar-refractivity contribution in [1.29, 1.82) is 0 Å². The highest BCUT2D eigenvalue weighted by Crippen LogP contribution is 2.43. The van der Waals surface area contributed by atoms with Gasteiger partial charge in [0.05, 0.1) is 39.9 Å². The van der Waals surface area contributed by atoms with Crippen LogP contribution in [0.5, 0.6) is 0 Å². The van der Waals surface area contributed by atoms with Crippen LogP contribution >= 0.6 is 7.82 Å². The molecule has 0 spiro atoms. The molecule has 9 heteroatoms. The van der Waals surface area contributed by atoms with Gasteiger partial charge in [0, 0.05) is 6.42 Å². The highest BCUT2D eigenvalue weighted by molar-refractivity contribution is 7.47. The predicted octanol–water partition coefficient (Wildman–Crippen LogP) is 15.0. The minimum absolute atomic E-state index is 0.0523. The number of phosphoric ester groups is 1. The van der Waals surface area contributed by atoms with Crippen LogP contribution in [0, 0.1) is 0 Å². The van der Waals surface area contributed by atoms with Gasteiger partial charge in [-0.3, -0.25) is 13.8 Å². The second-order valence-electron chi connectivity index (χ2n) is 18.5. The summed E-state index contributed by atoms with van der Waals surface area (Å²) in [7, 11) is 1.54. The number of aliphatic hydroxyl groups excluding tert-OH is 1. The summed E-state index contributed by atoms with van der Waals surface area (Å²) in [6.45, 7) is 4.54. The molecule has 3 atom stereocenters. The lowest BCUT2D eigenvalue weighted by Crippen LogP contribution is -2.45. The van der Waals surface area contributed by atoms with Crippen LogP contribution in [0.15, 0.2) is 60.8 Å². The van der Waals surface area contributed by atoms with Crippen molar-refractivity contribution < 1.29 is 32.9 Å². The van der Waals surface area contributed by atoms with E-state index in [1.807, 2.05) is 34.1 Å². The zero-order chi connectivity index (χ0) is 45.7. The number of nitrogens with zero attached hydrogens (tertiary/aromatic N) is 1. The quantitative estimate of drug-likeness (QED) is 0.0243. The van der Waals surface area contributed by atoms with E-state index in [9.17, 15) is 19.4 Å². The fourth-order valence-corrected chi connectivity index (χ4v) is 7.96. The number of likely N-dealkylation sites (N-methyl/N-ethyl adjacent to an activating group) is 1. The Hall–Kier alpha value is -1.80. The summed E-state index contributed by atoms with van der Waals surface area (Å²) in [5.74, 6) is -0.194. The summed E-state index contributed by atoms with van der Waals surface area (Å²) < 4.78 is 23.5. The van der Waals surface area contributed by atoms with Gasteiger partial charge < -0.3 is 19.8 Å². The molecule has 0 saturated carbocycles. The molecule has 0 bridgehead atoms. The van der Waals surface area contributed by atoms with Crippen LogP contribution in [0.3, 0.4) is 0 Å². The van der Waals surface area contributed by atoms with Gasteiger partial charge in [0.25, 0.3) is 0 Å². The van der Waals surface area contributed by atoms with E-state index in [2.05, 4.69) is 60.8 Å². The minimum Gasteiger partial charge on any atom is -0.387 e. The lowest BCUT2D eigenvalue weighted by Gasteiger charge is -2.25. The Morgan fingerprint density at radius 3 is 1.47 bits per heavy atom. The van der Waals surface area contributed by atoms with Crippen molar-refractivity contribution in [3.8, 4) is 0 Å². The summed E-state index contributed by atoms with van der Waals surface area (Å²) in [6, 6.07) is -0.868. The number of carbonyl (C=O) groups excluding carboxylic acids is 1. The molecule has 0 aliphatic rings. The Morgan fingerprint density at radius 1 is 0.581 bits per heavy atom. The number of allylic oxidation sites excluding steroid dienone is 9. The maximum absolute atomic E-state index is 12.9. The van der Waals surface area contributed by atoms with Crippen molar-refractivity contribution in [2.75, 3.05) is 40.9 Å². The van der Waals surface area contributed by atoms with Crippen LogP contribution in [-0.4, -0.2) is 73.4 Å². The Balaban J connectivity index is 3.99. The third-order valence-corrected chi connectivity index (χ3v) is 12.3. The van der Waals surface area contributed by atoms with E-state index in [-0.39, 0.29) is 19.1 Å². The van der Waals surface area contributed by atoms with Gasteiger partial charge >= 0.3 is 7.82 Å². The van der Waals surface area contributed by atoms with Crippen molar-refractivity contribution in [1.82, 2.24) is 5.32 Å². The number of aliphatic hydroxyl groups is 1. The highest BCUT2D eigenvalue weighted by Gasteiger charge is 2.27. The van der Waals surface area contributed by atoms with Gasteiger partial charge in [-0.15, -0.1) is 0 Å². The van der Waals surface area contributed by atoms with Crippen LogP contribution in [0.1, 0.15) is 219 Å². The highest BCUT2D eigenvalue weighted by atomic mass is 31.2. The molecular weight excluding hydrogens is 792 g/mol. The zero-order valence-corrected chi connectivity index (χ0v) is 42.0. The SMILES string of the molecule is C/C=C/CC/C=C/CC/C=C/C(O)C(COP(=O)(O)OCC[N+](C)(C)C)NC(=O)CCCCCCCCCCCCCCCCCCCCC/C=C\C/C=C\CCCCCCC. The van der Waals surface area contributed by atoms with Crippen molar-refractivity contribution in [2.24, 2.45) is 0 Å². The Kier molecular flexibility index (Phi) is 43.1. The molecule has 362 valence electrons. The lowest BCUT2D eigenvalue weighted by atomic mass is 10.0. The van der Waals surface area contributed by atoms with Crippen LogP contribution in [-0.2, 0) is 18.4 Å². The van der Waals surface area contributed by atoms with Gasteiger partial charge in [-0.25, -0.2) is 4.57 Å². The van der Waals surface area contributed by atoms with E-state index in [1.54, 1.807) is 6.08 Å². The third kappa shape index (κ3) is 46.2. The second-order valence-corrected chi connectivity index (χ2v) is 20.0. The van der Waals surface area contributed by atoms with Crippen molar-refractivity contribution >= 4 is 13.7 Å². The normalized spacial score (nSPS) is 14.6. The fourth-order valence-electron chi connectivity index (χ4n) is 7.23. The summed E-state index contributed by atoms with van der Waals surface area (Å²) in [5, 5.41) is 13.7. The molecule has 0 radical (unpaired) electrons. The molecule has 0 saturated heterocycles. The lowest BCUT2D eigenvalue weighted by molar-refractivity contribution is -0.870. The van der Waals surface area contributed by atoms with Gasteiger partial charge in [-0.2, -0.15) is 0 Å². The van der Waals surface area contributed by atoms with Crippen LogP contribution < -0.4 is 5.32 Å². The molecule has 62 heavy (non-hydrogen) atoms. The number of carbonyl (C=O) groups is 1. The van der Waals surface area contributed by atoms with Gasteiger partial charge in [-0.05, 0) is 71.1 Å². The smallest absolute Gasteiger partial charge is 0.387 e. The number of hydrogen-bond acceptors (Lipinski definition) is 5. The number of nitrogens with one attached hydrogen (secondary N) is 1. The summed E-state index contributed by atoms with van der Waals surface area (Å²) in [6.07, 6.45) is 59.3. The molecule has 0 heterocycles. The number of unbranched alkanes of at least 4 members (excludes halogenated alkanes) is 26. The standard InChI is InChI=1S/C53H99N2O6P/c1-6-8-10-12-14-16-17-18-19-20-21-22-23-24-25-26-27-28-29-30-31-32-33-34-35-36-37-39-41-43-45-47-53(57)54-51(50-61-62(58,59)60-49-48-55(3,4)5)52(56)46-44-42-40-38-15-13-11-9-7-2/h7,9,15,17-18,20-21,38,44,46,51-52,56H,6,8,10-14,16,19,22-37,39-43,45,47-50H2,1-5H3,(H-,54,57,58,59)/p+1/b9-7+,18-17-,21-20-,38-15+,46-44+. The summed E-state index contributed by atoms with van der Waals surface area (Å²) in [5.41, 5.74) is 0.